The Bertz CT molecular complexity index is 518. The SMILES string of the molecule is CCCCC[C@@H](C)/C=C/[C@H]1C=CC(=O)[C@@H]1C/C=C\CCC(O)C(=O)CO. The Morgan fingerprint density at radius 2 is 2.04 bits per heavy atom. The molecular weight excluding hydrogens is 328 g/mol. The standard InChI is InChI=1S/C22H34O4/c1-3-4-6-9-17(2)12-13-18-14-15-20(24)19(18)10-7-5-8-11-21(25)22(26)16-23/h5,7,12-15,17-19,21,23,25H,3-4,6,8-11,16H2,1-2H3/b7-5-,13-12+/t17-,18+,19-,21?/m1/s1. The van der Waals surface area contributed by atoms with Crippen LogP contribution < -0.4 is 0 Å². The highest BCUT2D eigenvalue weighted by Gasteiger charge is 2.27. The van der Waals surface area contributed by atoms with E-state index in [4.69, 9.17) is 5.11 Å². The second kappa shape index (κ2) is 12.8. The fourth-order valence-electron chi connectivity index (χ4n) is 3.14. The van der Waals surface area contributed by atoms with Gasteiger partial charge in [-0.25, -0.2) is 0 Å². The third-order valence-corrected chi connectivity index (χ3v) is 4.93. The molecule has 1 unspecified atom stereocenters. The average Bonchev–Trinajstić information content (AvgIpc) is 2.98. The van der Waals surface area contributed by atoms with Crippen LogP contribution in [0.15, 0.2) is 36.5 Å². The van der Waals surface area contributed by atoms with E-state index >= 15 is 0 Å². The fraction of sp³-hybridized carbons (Fsp3) is 0.636. The maximum Gasteiger partial charge on any atom is 0.186 e. The molecule has 0 aromatic heterocycles. The number of unbranched alkanes of at least 4 members (excludes halogenated alkanes) is 2. The fourth-order valence-corrected chi connectivity index (χ4v) is 3.14. The molecule has 1 aliphatic rings. The minimum atomic E-state index is -1.11. The molecule has 4 atom stereocenters. The lowest BCUT2D eigenvalue weighted by molar-refractivity contribution is -0.130. The Morgan fingerprint density at radius 3 is 2.73 bits per heavy atom. The van der Waals surface area contributed by atoms with Crippen LogP contribution in [0.5, 0.6) is 0 Å². The van der Waals surface area contributed by atoms with E-state index < -0.39 is 18.5 Å². The van der Waals surface area contributed by atoms with Crippen molar-refractivity contribution < 1.29 is 19.8 Å². The Balaban J connectivity index is 2.40. The molecule has 0 saturated carbocycles. The Kier molecular flexibility index (Phi) is 11.1. The molecule has 0 saturated heterocycles. The molecule has 1 rings (SSSR count). The molecule has 0 heterocycles. The summed E-state index contributed by atoms with van der Waals surface area (Å²) in [7, 11) is 0. The van der Waals surface area contributed by atoms with Gasteiger partial charge < -0.3 is 10.2 Å². The number of aliphatic hydroxyl groups is 2. The zero-order chi connectivity index (χ0) is 19.4. The van der Waals surface area contributed by atoms with Crippen molar-refractivity contribution in [2.24, 2.45) is 17.8 Å². The summed E-state index contributed by atoms with van der Waals surface area (Å²) in [5.74, 6) is 0.259. The maximum atomic E-state index is 12.1. The molecule has 0 amide bonds. The van der Waals surface area contributed by atoms with Crippen LogP contribution in [0.3, 0.4) is 0 Å². The van der Waals surface area contributed by atoms with Crippen LogP contribution in [0.2, 0.25) is 0 Å². The van der Waals surface area contributed by atoms with Gasteiger partial charge in [-0.05, 0) is 37.7 Å². The summed E-state index contributed by atoms with van der Waals surface area (Å²) in [4.78, 5) is 23.2. The molecular formula is C22H34O4. The topological polar surface area (TPSA) is 74.6 Å². The zero-order valence-electron chi connectivity index (χ0n) is 16.1. The quantitative estimate of drug-likeness (QED) is 0.386. The molecule has 0 bridgehead atoms. The van der Waals surface area contributed by atoms with Gasteiger partial charge in [-0.3, -0.25) is 9.59 Å². The number of ketones is 2. The van der Waals surface area contributed by atoms with Crippen molar-refractivity contribution in [1.29, 1.82) is 0 Å². The number of rotatable bonds is 13. The van der Waals surface area contributed by atoms with E-state index in [2.05, 4.69) is 26.0 Å². The van der Waals surface area contributed by atoms with Gasteiger partial charge in [-0.1, -0.05) is 63.5 Å². The van der Waals surface area contributed by atoms with Crippen LogP contribution in [0.4, 0.5) is 0 Å². The molecule has 0 aromatic rings. The Morgan fingerprint density at radius 1 is 1.27 bits per heavy atom. The van der Waals surface area contributed by atoms with E-state index in [1.54, 1.807) is 6.08 Å². The number of aliphatic hydroxyl groups excluding tert-OH is 2. The van der Waals surface area contributed by atoms with Gasteiger partial charge in [0.15, 0.2) is 11.6 Å². The predicted octanol–water partition coefficient (Wildman–Crippen LogP) is 3.78. The Hall–Kier alpha value is -1.52. The van der Waals surface area contributed by atoms with Gasteiger partial charge in [0.05, 0.1) is 0 Å². The van der Waals surface area contributed by atoms with E-state index in [0.29, 0.717) is 25.2 Å². The second-order valence-electron chi connectivity index (χ2n) is 7.23. The summed E-state index contributed by atoms with van der Waals surface area (Å²) < 4.78 is 0. The first-order valence-corrected chi connectivity index (χ1v) is 9.86. The van der Waals surface area contributed by atoms with E-state index in [9.17, 15) is 14.7 Å². The van der Waals surface area contributed by atoms with Crippen LogP contribution in [0.25, 0.3) is 0 Å². The predicted molar refractivity (Wildman–Crippen MR) is 105 cm³/mol. The highest BCUT2D eigenvalue weighted by molar-refractivity contribution is 5.95. The number of carbonyl (C=O) groups is 2. The van der Waals surface area contributed by atoms with Gasteiger partial charge in [0.1, 0.15) is 12.7 Å². The molecule has 26 heavy (non-hydrogen) atoms. The highest BCUT2D eigenvalue weighted by Crippen LogP contribution is 2.28. The van der Waals surface area contributed by atoms with Crippen LogP contribution >= 0.6 is 0 Å². The molecule has 0 fully saturated rings. The van der Waals surface area contributed by atoms with Crippen LogP contribution in [0.1, 0.15) is 58.8 Å². The maximum absolute atomic E-state index is 12.1. The number of allylic oxidation sites excluding steroid dienone is 6. The number of hydrogen-bond acceptors (Lipinski definition) is 4. The molecule has 0 aromatic carbocycles. The lowest BCUT2D eigenvalue weighted by Gasteiger charge is -2.14. The first kappa shape index (κ1) is 22.5. The minimum absolute atomic E-state index is 0.0469. The third-order valence-electron chi connectivity index (χ3n) is 4.93. The van der Waals surface area contributed by atoms with Crippen LogP contribution in [-0.4, -0.2) is 34.5 Å². The summed E-state index contributed by atoms with van der Waals surface area (Å²) in [5, 5.41) is 18.2. The van der Waals surface area contributed by atoms with Gasteiger partial charge in [0.2, 0.25) is 0 Å². The zero-order valence-corrected chi connectivity index (χ0v) is 16.1. The van der Waals surface area contributed by atoms with Crippen molar-refractivity contribution in [2.75, 3.05) is 6.61 Å². The number of carbonyl (C=O) groups excluding carboxylic acids is 2. The third kappa shape index (κ3) is 8.24. The summed E-state index contributed by atoms with van der Waals surface area (Å²) in [6.45, 7) is 3.80. The smallest absolute Gasteiger partial charge is 0.186 e. The van der Waals surface area contributed by atoms with Crippen molar-refractivity contribution in [3.05, 3.63) is 36.5 Å². The highest BCUT2D eigenvalue weighted by atomic mass is 16.3. The summed E-state index contributed by atoms with van der Waals surface area (Å²) >= 11 is 0. The molecule has 146 valence electrons. The van der Waals surface area contributed by atoms with Crippen LogP contribution in [-0.2, 0) is 9.59 Å². The van der Waals surface area contributed by atoms with Crippen LogP contribution in [0, 0.1) is 17.8 Å². The molecule has 0 aliphatic heterocycles. The van der Waals surface area contributed by atoms with Gasteiger partial charge in [0, 0.05) is 11.8 Å². The van der Waals surface area contributed by atoms with Gasteiger partial charge in [0.25, 0.3) is 0 Å². The molecule has 2 N–H and O–H groups in total. The summed E-state index contributed by atoms with van der Waals surface area (Å²) in [6.07, 6.45) is 17.3. The minimum Gasteiger partial charge on any atom is -0.388 e. The lowest BCUT2D eigenvalue weighted by Crippen LogP contribution is -2.22. The average molecular weight is 363 g/mol. The monoisotopic (exact) mass is 362 g/mol. The van der Waals surface area contributed by atoms with Crippen molar-refractivity contribution in [2.45, 2.75) is 64.9 Å². The first-order valence-electron chi connectivity index (χ1n) is 9.86. The van der Waals surface area contributed by atoms with E-state index in [1.165, 1.54) is 25.7 Å². The van der Waals surface area contributed by atoms with E-state index in [1.807, 2.05) is 18.2 Å². The molecule has 4 nitrogen and oxygen atoms in total. The van der Waals surface area contributed by atoms with Gasteiger partial charge >= 0.3 is 0 Å². The lowest BCUT2D eigenvalue weighted by atomic mass is 9.89. The van der Waals surface area contributed by atoms with E-state index in [-0.39, 0.29) is 17.6 Å². The second-order valence-corrected chi connectivity index (χ2v) is 7.23. The molecule has 1 aliphatic carbocycles. The first-order chi connectivity index (χ1) is 12.5. The van der Waals surface area contributed by atoms with E-state index in [0.717, 1.165) is 0 Å². The summed E-state index contributed by atoms with van der Waals surface area (Å²) in [5.41, 5.74) is 0. The van der Waals surface area contributed by atoms with Crippen molar-refractivity contribution >= 4 is 11.6 Å². The van der Waals surface area contributed by atoms with Gasteiger partial charge in [-0.15, -0.1) is 0 Å². The Labute approximate surface area is 157 Å². The van der Waals surface area contributed by atoms with Crippen molar-refractivity contribution in [1.82, 2.24) is 0 Å². The largest absolute Gasteiger partial charge is 0.388 e. The van der Waals surface area contributed by atoms with Crippen molar-refractivity contribution in [3.8, 4) is 0 Å². The normalized spacial score (nSPS) is 22.5. The van der Waals surface area contributed by atoms with Crippen molar-refractivity contribution in [3.63, 3.8) is 0 Å². The number of hydrogen-bond donors (Lipinski definition) is 2. The molecule has 4 heteroatoms. The van der Waals surface area contributed by atoms with Gasteiger partial charge in [-0.2, -0.15) is 0 Å². The molecule has 0 spiro atoms. The number of Topliss-reactive ketones (excluding diaryl/α,β-unsaturated/α-hetero) is 1. The molecule has 0 radical (unpaired) electrons. The summed E-state index contributed by atoms with van der Waals surface area (Å²) in [6, 6.07) is 0.